The third-order valence-electron chi connectivity index (χ3n) is 3.95. The van der Waals surface area contributed by atoms with E-state index in [1.54, 1.807) is 24.3 Å². The Morgan fingerprint density at radius 2 is 2.10 bits per heavy atom. The van der Waals surface area contributed by atoms with E-state index in [-0.39, 0.29) is 16.7 Å². The van der Waals surface area contributed by atoms with E-state index >= 15 is 0 Å². The van der Waals surface area contributed by atoms with Crippen molar-refractivity contribution >= 4 is 22.6 Å². The van der Waals surface area contributed by atoms with Crippen LogP contribution in [0.5, 0.6) is 0 Å². The predicted octanol–water partition coefficient (Wildman–Crippen LogP) is 3.78. The van der Waals surface area contributed by atoms with Crippen LogP contribution in [0.15, 0.2) is 41.0 Å². The van der Waals surface area contributed by atoms with E-state index in [9.17, 15) is 23.1 Å². The van der Waals surface area contributed by atoms with Gasteiger partial charge in [-0.05, 0) is 30.7 Å². The molecule has 0 aliphatic rings. The number of aromatic nitrogens is 2. The van der Waals surface area contributed by atoms with Crippen LogP contribution in [0.1, 0.15) is 28.9 Å². The number of aliphatic hydroxyl groups is 1. The number of hydrogen-bond acceptors (Lipinski definition) is 7. The van der Waals surface area contributed by atoms with Gasteiger partial charge in [0, 0.05) is 23.5 Å². The molecular formula is C18H13F3N4O3S. The zero-order valence-electron chi connectivity index (χ0n) is 14.8. The molecule has 3 rings (SSSR count). The van der Waals surface area contributed by atoms with Crippen LogP contribution in [0, 0.1) is 11.3 Å². The smallest absolute Gasteiger partial charge is 0.417 e. The number of nitriles is 1. The summed E-state index contributed by atoms with van der Waals surface area (Å²) in [5, 5.41) is 20.8. The van der Waals surface area contributed by atoms with E-state index < -0.39 is 24.1 Å². The second-order valence-electron chi connectivity index (χ2n) is 6.31. The largest absolute Gasteiger partial charge is 0.459 e. The van der Waals surface area contributed by atoms with Gasteiger partial charge in [0.05, 0.1) is 17.9 Å². The van der Waals surface area contributed by atoms with Gasteiger partial charge in [-0.3, -0.25) is 10.1 Å². The second-order valence-corrected chi connectivity index (χ2v) is 7.06. The summed E-state index contributed by atoms with van der Waals surface area (Å²) in [5.41, 5.74) is -1.28. The lowest BCUT2D eigenvalue weighted by Gasteiger charge is -2.24. The van der Waals surface area contributed by atoms with Crippen molar-refractivity contribution in [2.24, 2.45) is 0 Å². The standard InChI is InChI=1S/C18H13F3N4O3S/c1-17(27,18(19,20)21)7-14-23-16(29-25-14)24-15(26)13-6-12(9-28-13)11-4-2-3-10(5-11)8-22/h2-6,9,27H,7H2,1H3,(H,23,24,25,26). The highest BCUT2D eigenvalue weighted by Gasteiger charge is 2.50. The maximum Gasteiger partial charge on any atom is 0.417 e. The van der Waals surface area contributed by atoms with Gasteiger partial charge in [0.25, 0.3) is 5.91 Å². The van der Waals surface area contributed by atoms with Crippen LogP contribution < -0.4 is 5.32 Å². The van der Waals surface area contributed by atoms with E-state index in [2.05, 4.69) is 14.7 Å². The van der Waals surface area contributed by atoms with E-state index in [0.717, 1.165) is 0 Å². The van der Waals surface area contributed by atoms with Gasteiger partial charge in [-0.15, -0.1) is 0 Å². The molecule has 150 valence electrons. The SMILES string of the molecule is CC(O)(Cc1nsc(NC(=O)c2cc(-c3cccc(C#N)c3)co2)n1)C(F)(F)F. The average molecular weight is 422 g/mol. The minimum absolute atomic E-state index is 0.0348. The van der Waals surface area contributed by atoms with E-state index in [1.807, 2.05) is 6.07 Å². The van der Waals surface area contributed by atoms with Gasteiger partial charge in [0.2, 0.25) is 5.13 Å². The van der Waals surface area contributed by atoms with Crippen LogP contribution in [0.3, 0.4) is 0 Å². The Kier molecular flexibility index (Phi) is 5.41. The Morgan fingerprint density at radius 3 is 2.79 bits per heavy atom. The number of nitrogens with one attached hydrogen (secondary N) is 1. The molecule has 0 aliphatic carbocycles. The number of anilines is 1. The summed E-state index contributed by atoms with van der Waals surface area (Å²) in [5.74, 6) is -0.972. The molecule has 0 radical (unpaired) electrons. The molecule has 11 heteroatoms. The molecule has 0 spiro atoms. The first kappa shape index (κ1) is 20.5. The normalized spacial score (nSPS) is 13.5. The number of hydrogen-bond donors (Lipinski definition) is 2. The molecule has 0 bridgehead atoms. The van der Waals surface area contributed by atoms with Crippen molar-refractivity contribution in [2.45, 2.75) is 25.1 Å². The maximum atomic E-state index is 12.7. The first-order chi connectivity index (χ1) is 13.6. The fourth-order valence-corrected chi connectivity index (χ4v) is 2.90. The molecule has 2 N–H and O–H groups in total. The van der Waals surface area contributed by atoms with Crippen molar-refractivity contribution in [1.82, 2.24) is 9.36 Å². The molecular weight excluding hydrogens is 409 g/mol. The predicted molar refractivity (Wildman–Crippen MR) is 97.1 cm³/mol. The minimum Gasteiger partial charge on any atom is -0.459 e. The molecule has 0 saturated heterocycles. The number of benzene rings is 1. The van der Waals surface area contributed by atoms with Crippen molar-refractivity contribution < 1.29 is 27.5 Å². The van der Waals surface area contributed by atoms with Gasteiger partial charge < -0.3 is 9.52 Å². The van der Waals surface area contributed by atoms with Crippen molar-refractivity contribution in [2.75, 3.05) is 5.32 Å². The summed E-state index contributed by atoms with van der Waals surface area (Å²) in [7, 11) is 0. The van der Waals surface area contributed by atoms with Crippen LogP contribution in [0.2, 0.25) is 0 Å². The summed E-state index contributed by atoms with van der Waals surface area (Å²) in [6.07, 6.45) is -4.34. The lowest BCUT2D eigenvalue weighted by Crippen LogP contribution is -2.44. The second kappa shape index (κ2) is 7.65. The molecule has 1 aromatic carbocycles. The zero-order chi connectivity index (χ0) is 21.2. The highest BCUT2D eigenvalue weighted by molar-refractivity contribution is 7.09. The lowest BCUT2D eigenvalue weighted by atomic mass is 10.0. The Balaban J connectivity index is 1.70. The Morgan fingerprint density at radius 1 is 1.34 bits per heavy atom. The number of halogens is 3. The van der Waals surface area contributed by atoms with Crippen molar-refractivity contribution in [3.05, 3.63) is 53.7 Å². The number of alkyl halides is 3. The van der Waals surface area contributed by atoms with Crippen molar-refractivity contribution in [3.63, 3.8) is 0 Å². The molecule has 2 aromatic heterocycles. The van der Waals surface area contributed by atoms with Crippen LogP contribution >= 0.6 is 11.5 Å². The first-order valence-electron chi connectivity index (χ1n) is 8.11. The fourth-order valence-electron chi connectivity index (χ4n) is 2.32. The molecule has 2 heterocycles. The summed E-state index contributed by atoms with van der Waals surface area (Å²) in [6, 6.07) is 10.2. The van der Waals surface area contributed by atoms with Crippen LogP contribution in [0.25, 0.3) is 11.1 Å². The molecule has 1 unspecified atom stereocenters. The number of carbonyl (C=O) groups is 1. The van der Waals surface area contributed by atoms with Crippen LogP contribution in [-0.4, -0.2) is 32.1 Å². The molecule has 0 fully saturated rings. The Labute approximate surface area is 166 Å². The molecule has 0 saturated carbocycles. The van der Waals surface area contributed by atoms with Crippen molar-refractivity contribution in [3.8, 4) is 17.2 Å². The minimum atomic E-state index is -4.84. The van der Waals surface area contributed by atoms with Gasteiger partial charge in [-0.2, -0.15) is 22.8 Å². The van der Waals surface area contributed by atoms with E-state index in [1.165, 1.54) is 12.3 Å². The topological polar surface area (TPSA) is 112 Å². The van der Waals surface area contributed by atoms with Gasteiger partial charge in [-0.25, -0.2) is 4.98 Å². The van der Waals surface area contributed by atoms with Crippen LogP contribution in [0.4, 0.5) is 18.3 Å². The molecule has 1 amide bonds. The summed E-state index contributed by atoms with van der Waals surface area (Å²) < 4.78 is 47.2. The molecule has 0 aliphatic heterocycles. The molecule has 7 nitrogen and oxygen atoms in total. The van der Waals surface area contributed by atoms with Gasteiger partial charge in [0.1, 0.15) is 5.82 Å². The first-order valence-corrected chi connectivity index (χ1v) is 8.88. The third-order valence-corrected chi connectivity index (χ3v) is 4.62. The monoisotopic (exact) mass is 422 g/mol. The van der Waals surface area contributed by atoms with Gasteiger partial charge >= 0.3 is 6.18 Å². The molecule has 29 heavy (non-hydrogen) atoms. The highest BCUT2D eigenvalue weighted by atomic mass is 32.1. The zero-order valence-corrected chi connectivity index (χ0v) is 15.6. The number of nitrogens with zero attached hydrogens (tertiary/aromatic N) is 3. The molecule has 3 aromatic rings. The van der Waals surface area contributed by atoms with Crippen molar-refractivity contribution in [1.29, 1.82) is 5.26 Å². The van der Waals surface area contributed by atoms with E-state index in [4.69, 9.17) is 9.68 Å². The molecule has 1 atom stereocenters. The van der Waals surface area contributed by atoms with Gasteiger partial charge in [-0.1, -0.05) is 12.1 Å². The maximum absolute atomic E-state index is 12.7. The highest BCUT2D eigenvalue weighted by Crippen LogP contribution is 2.32. The summed E-state index contributed by atoms with van der Waals surface area (Å²) >= 11 is 0.683. The fraction of sp³-hybridized carbons (Fsp3) is 0.222. The number of carbonyl (C=O) groups excluding carboxylic acids is 1. The Bertz CT molecular complexity index is 1080. The summed E-state index contributed by atoms with van der Waals surface area (Å²) in [4.78, 5) is 16.1. The average Bonchev–Trinajstić information content (AvgIpc) is 3.30. The number of amides is 1. The van der Waals surface area contributed by atoms with Gasteiger partial charge in [0.15, 0.2) is 11.4 Å². The quantitative estimate of drug-likeness (QED) is 0.647. The summed E-state index contributed by atoms with van der Waals surface area (Å²) in [6.45, 7) is 0.623. The van der Waals surface area contributed by atoms with Crippen LogP contribution in [-0.2, 0) is 6.42 Å². The third kappa shape index (κ3) is 4.61. The van der Waals surface area contributed by atoms with E-state index in [0.29, 0.717) is 35.1 Å². The lowest BCUT2D eigenvalue weighted by molar-refractivity contribution is -0.252. The number of rotatable bonds is 5. The number of furan rings is 1. The Hall–Kier alpha value is -3.23.